The molecule has 3 heterocycles. The van der Waals surface area contributed by atoms with E-state index in [0.717, 1.165) is 31.4 Å². The third kappa shape index (κ3) is 3.55. The number of pyridine rings is 1. The molecule has 0 bridgehead atoms. The number of carbonyl (C=O) groups is 2. The average molecular weight is 303 g/mol. The van der Waals surface area contributed by atoms with Crippen molar-refractivity contribution in [1.29, 1.82) is 0 Å². The highest BCUT2D eigenvalue weighted by molar-refractivity contribution is 5.88. The molecule has 1 aromatic rings. The van der Waals surface area contributed by atoms with Crippen LogP contribution in [0.1, 0.15) is 32.1 Å². The van der Waals surface area contributed by atoms with Gasteiger partial charge in [0.25, 0.3) is 0 Å². The minimum Gasteiger partial charge on any atom is -0.487 e. The Balaban J connectivity index is 1.55. The summed E-state index contributed by atoms with van der Waals surface area (Å²) in [5, 5.41) is 2.84. The first-order valence-corrected chi connectivity index (χ1v) is 7.87. The third-order valence-electron chi connectivity index (χ3n) is 4.17. The molecule has 2 aliphatic heterocycles. The lowest BCUT2D eigenvalue weighted by molar-refractivity contribution is -0.135. The number of rotatable bonds is 3. The molecule has 0 spiro atoms. The second-order valence-electron chi connectivity index (χ2n) is 5.87. The number of carbonyl (C=O) groups excluding carboxylic acids is 2. The molecule has 22 heavy (non-hydrogen) atoms. The van der Waals surface area contributed by atoms with Gasteiger partial charge in [0, 0.05) is 25.6 Å². The predicted octanol–water partition coefficient (Wildman–Crippen LogP) is 1.12. The predicted molar refractivity (Wildman–Crippen MR) is 80.2 cm³/mol. The first-order chi connectivity index (χ1) is 10.7. The summed E-state index contributed by atoms with van der Waals surface area (Å²) in [7, 11) is 0. The summed E-state index contributed by atoms with van der Waals surface area (Å²) in [6, 6.07) is 3.32. The van der Waals surface area contributed by atoms with Crippen LogP contribution in [0.4, 0.5) is 0 Å². The summed E-state index contributed by atoms with van der Waals surface area (Å²) >= 11 is 0. The lowest BCUT2D eigenvalue weighted by Gasteiger charge is -2.23. The molecule has 118 valence electrons. The fraction of sp³-hybridized carbons (Fsp3) is 0.562. The molecule has 6 nitrogen and oxygen atoms in total. The van der Waals surface area contributed by atoms with E-state index < -0.39 is 0 Å². The molecule has 6 heteroatoms. The fourth-order valence-corrected chi connectivity index (χ4v) is 3.01. The SMILES string of the molecule is O=C1CCCC[C@H](C(=O)N2CC[C@H](Oc3cccnc3)C2)N1. The van der Waals surface area contributed by atoms with Crippen LogP contribution in [0.25, 0.3) is 0 Å². The van der Waals surface area contributed by atoms with Crippen molar-refractivity contribution in [3.8, 4) is 5.75 Å². The number of hydrogen-bond acceptors (Lipinski definition) is 4. The second-order valence-corrected chi connectivity index (χ2v) is 5.87. The highest BCUT2D eigenvalue weighted by Crippen LogP contribution is 2.19. The summed E-state index contributed by atoms with van der Waals surface area (Å²) in [6.07, 6.45) is 7.21. The number of hydrogen-bond donors (Lipinski definition) is 1. The molecule has 3 rings (SSSR count). The van der Waals surface area contributed by atoms with E-state index >= 15 is 0 Å². The molecule has 0 saturated carbocycles. The van der Waals surface area contributed by atoms with Gasteiger partial charge in [-0.15, -0.1) is 0 Å². The Hall–Kier alpha value is -2.11. The average Bonchev–Trinajstić information content (AvgIpc) is 2.88. The lowest BCUT2D eigenvalue weighted by Crippen LogP contribution is -2.47. The lowest BCUT2D eigenvalue weighted by atomic mass is 10.1. The van der Waals surface area contributed by atoms with Gasteiger partial charge in [-0.2, -0.15) is 0 Å². The van der Waals surface area contributed by atoms with E-state index in [1.807, 2.05) is 12.1 Å². The van der Waals surface area contributed by atoms with E-state index in [-0.39, 0.29) is 24.0 Å². The van der Waals surface area contributed by atoms with E-state index in [4.69, 9.17) is 4.74 Å². The van der Waals surface area contributed by atoms with E-state index in [2.05, 4.69) is 10.3 Å². The number of nitrogens with zero attached hydrogens (tertiary/aromatic N) is 2. The minimum absolute atomic E-state index is 0.00497. The Morgan fingerprint density at radius 1 is 1.36 bits per heavy atom. The molecule has 2 fully saturated rings. The van der Waals surface area contributed by atoms with Gasteiger partial charge in [0.05, 0.1) is 12.7 Å². The van der Waals surface area contributed by atoms with Gasteiger partial charge in [-0.25, -0.2) is 0 Å². The first-order valence-electron chi connectivity index (χ1n) is 7.87. The Kier molecular flexibility index (Phi) is 4.56. The van der Waals surface area contributed by atoms with Crippen LogP contribution >= 0.6 is 0 Å². The number of ether oxygens (including phenoxy) is 1. The zero-order chi connectivity index (χ0) is 15.4. The molecular formula is C16H21N3O3. The zero-order valence-electron chi connectivity index (χ0n) is 12.5. The third-order valence-corrected chi connectivity index (χ3v) is 4.17. The normalized spacial score (nSPS) is 25.5. The maximum Gasteiger partial charge on any atom is 0.245 e. The van der Waals surface area contributed by atoms with Crippen molar-refractivity contribution in [2.45, 2.75) is 44.2 Å². The van der Waals surface area contributed by atoms with Crippen LogP contribution < -0.4 is 10.1 Å². The first kappa shape index (κ1) is 14.8. The summed E-state index contributed by atoms with van der Waals surface area (Å²) < 4.78 is 5.85. The molecule has 1 aromatic heterocycles. The molecule has 2 atom stereocenters. The quantitative estimate of drug-likeness (QED) is 0.908. The largest absolute Gasteiger partial charge is 0.487 e. The molecule has 1 N–H and O–H groups in total. The topological polar surface area (TPSA) is 71.5 Å². The van der Waals surface area contributed by atoms with Gasteiger partial charge in [-0.3, -0.25) is 14.6 Å². The van der Waals surface area contributed by atoms with Gasteiger partial charge < -0.3 is 15.0 Å². The molecule has 2 amide bonds. The summed E-state index contributed by atoms with van der Waals surface area (Å²) in [6.45, 7) is 1.25. The van der Waals surface area contributed by atoms with Gasteiger partial charge in [-0.1, -0.05) is 6.42 Å². The van der Waals surface area contributed by atoms with Gasteiger partial charge in [0.15, 0.2) is 0 Å². The molecule has 2 saturated heterocycles. The Bertz CT molecular complexity index is 535. The van der Waals surface area contributed by atoms with Crippen LogP contribution in [0.5, 0.6) is 5.75 Å². The molecular weight excluding hydrogens is 282 g/mol. The van der Waals surface area contributed by atoms with Crippen LogP contribution in [0, 0.1) is 0 Å². The van der Waals surface area contributed by atoms with Crippen molar-refractivity contribution in [1.82, 2.24) is 15.2 Å². The maximum atomic E-state index is 12.5. The molecule has 0 aromatic carbocycles. The molecule has 0 aliphatic carbocycles. The fourth-order valence-electron chi connectivity index (χ4n) is 3.01. The second kappa shape index (κ2) is 6.77. The zero-order valence-corrected chi connectivity index (χ0v) is 12.5. The molecule has 2 aliphatic rings. The Morgan fingerprint density at radius 3 is 3.09 bits per heavy atom. The number of likely N-dealkylation sites (tertiary alicyclic amines) is 1. The maximum absolute atomic E-state index is 12.5. The van der Waals surface area contributed by atoms with Crippen molar-refractivity contribution in [3.63, 3.8) is 0 Å². The standard InChI is InChI=1S/C16H21N3O3/c20-15-6-2-1-5-14(18-15)16(21)19-9-7-13(11-19)22-12-4-3-8-17-10-12/h3-4,8,10,13-14H,1-2,5-7,9,11H2,(H,18,20)/t13-,14+/m0/s1. The van der Waals surface area contributed by atoms with E-state index in [1.165, 1.54) is 0 Å². The van der Waals surface area contributed by atoms with E-state index in [1.54, 1.807) is 17.3 Å². The number of nitrogens with one attached hydrogen (secondary N) is 1. The van der Waals surface area contributed by atoms with Crippen molar-refractivity contribution >= 4 is 11.8 Å². The van der Waals surface area contributed by atoms with Gasteiger partial charge in [0.1, 0.15) is 17.9 Å². The highest BCUT2D eigenvalue weighted by atomic mass is 16.5. The van der Waals surface area contributed by atoms with E-state index in [0.29, 0.717) is 19.5 Å². The van der Waals surface area contributed by atoms with Gasteiger partial charge in [-0.05, 0) is 25.0 Å². The summed E-state index contributed by atoms with van der Waals surface area (Å²) in [5.74, 6) is 0.732. The van der Waals surface area contributed by atoms with Crippen LogP contribution in [-0.2, 0) is 9.59 Å². The summed E-state index contributed by atoms with van der Waals surface area (Å²) in [4.78, 5) is 30.0. The Labute approximate surface area is 129 Å². The minimum atomic E-state index is -0.368. The summed E-state index contributed by atoms with van der Waals surface area (Å²) in [5.41, 5.74) is 0. The van der Waals surface area contributed by atoms with Crippen molar-refractivity contribution in [2.75, 3.05) is 13.1 Å². The van der Waals surface area contributed by atoms with Gasteiger partial charge >= 0.3 is 0 Å². The molecule has 0 unspecified atom stereocenters. The van der Waals surface area contributed by atoms with Crippen LogP contribution in [-0.4, -0.2) is 46.9 Å². The molecule has 0 radical (unpaired) electrons. The van der Waals surface area contributed by atoms with Crippen LogP contribution in [0.2, 0.25) is 0 Å². The van der Waals surface area contributed by atoms with Crippen molar-refractivity contribution < 1.29 is 14.3 Å². The van der Waals surface area contributed by atoms with Crippen LogP contribution in [0.15, 0.2) is 24.5 Å². The number of aromatic nitrogens is 1. The van der Waals surface area contributed by atoms with E-state index in [9.17, 15) is 9.59 Å². The highest BCUT2D eigenvalue weighted by Gasteiger charge is 2.33. The van der Waals surface area contributed by atoms with Gasteiger partial charge in [0.2, 0.25) is 11.8 Å². The van der Waals surface area contributed by atoms with Crippen LogP contribution in [0.3, 0.4) is 0 Å². The Morgan fingerprint density at radius 2 is 2.27 bits per heavy atom. The van der Waals surface area contributed by atoms with Crippen molar-refractivity contribution in [2.24, 2.45) is 0 Å². The van der Waals surface area contributed by atoms with Crippen molar-refractivity contribution in [3.05, 3.63) is 24.5 Å². The smallest absolute Gasteiger partial charge is 0.245 e. The monoisotopic (exact) mass is 303 g/mol. The number of amides is 2.